The highest BCUT2D eigenvalue weighted by Crippen LogP contribution is 2.20. The van der Waals surface area contributed by atoms with Gasteiger partial charge in [0.05, 0.1) is 5.69 Å². The molecule has 6 heteroatoms. The van der Waals surface area contributed by atoms with Gasteiger partial charge in [-0.3, -0.25) is 9.78 Å². The molecule has 1 aromatic rings. The van der Waals surface area contributed by atoms with Crippen LogP contribution in [0.15, 0.2) is 12.1 Å². The largest absolute Gasteiger partial charge is 0.280 e. The van der Waals surface area contributed by atoms with Crippen molar-refractivity contribution >= 4 is 32.8 Å². The first-order valence-corrected chi connectivity index (χ1v) is 5.09. The smallest absolute Gasteiger partial charge is 0.276 e. The summed E-state index contributed by atoms with van der Waals surface area (Å²) in [4.78, 5) is 14.4. The van der Waals surface area contributed by atoms with Crippen molar-refractivity contribution in [3.8, 4) is 0 Å². The lowest BCUT2D eigenvalue weighted by atomic mass is 10.2. The molecule has 0 aliphatic carbocycles. The van der Waals surface area contributed by atoms with Gasteiger partial charge in [0.2, 0.25) is 0 Å². The number of halogens is 4. The molecule has 0 aromatic carbocycles. The zero-order valence-electron chi connectivity index (χ0n) is 6.81. The topological polar surface area (TPSA) is 30.0 Å². The molecule has 0 N–H and O–H groups in total. The minimum Gasteiger partial charge on any atom is -0.276 e. The third kappa shape index (κ3) is 2.72. The molecule has 0 aliphatic heterocycles. The lowest BCUT2D eigenvalue weighted by Gasteiger charge is -2.03. The molecule has 0 radical (unpaired) electrons. The molecule has 14 heavy (non-hydrogen) atoms. The summed E-state index contributed by atoms with van der Waals surface area (Å²) in [5.41, 5.74) is -0.0517. The van der Waals surface area contributed by atoms with Crippen molar-refractivity contribution in [1.29, 1.82) is 0 Å². The standard InChI is InChI=1S/C8H5BrClF2NO/c9-3-5-1-4(7(10)14)2-6(13-5)8(11)12/h1-2,8H,3H2. The van der Waals surface area contributed by atoms with Crippen molar-refractivity contribution < 1.29 is 13.6 Å². The van der Waals surface area contributed by atoms with Gasteiger partial charge in [0.15, 0.2) is 0 Å². The summed E-state index contributed by atoms with van der Waals surface area (Å²) in [6, 6.07) is 2.36. The maximum atomic E-state index is 12.3. The summed E-state index contributed by atoms with van der Waals surface area (Å²) >= 11 is 8.24. The van der Waals surface area contributed by atoms with Crippen molar-refractivity contribution in [3.63, 3.8) is 0 Å². The highest BCUT2D eigenvalue weighted by atomic mass is 79.9. The average molecular weight is 284 g/mol. The minimum atomic E-state index is -2.70. The van der Waals surface area contributed by atoms with E-state index in [-0.39, 0.29) is 5.56 Å². The van der Waals surface area contributed by atoms with Crippen LogP contribution in [0.1, 0.15) is 28.2 Å². The zero-order chi connectivity index (χ0) is 10.7. The molecule has 1 rings (SSSR count). The molecule has 0 atom stereocenters. The fourth-order valence-electron chi connectivity index (χ4n) is 0.905. The molecular formula is C8H5BrClF2NO. The Balaban J connectivity index is 3.20. The van der Waals surface area contributed by atoms with Crippen LogP contribution in [0.5, 0.6) is 0 Å². The highest BCUT2D eigenvalue weighted by molar-refractivity contribution is 9.08. The SMILES string of the molecule is O=C(Cl)c1cc(CBr)nc(C(F)F)c1. The summed E-state index contributed by atoms with van der Waals surface area (Å²) in [5.74, 6) is 0. The van der Waals surface area contributed by atoms with Gasteiger partial charge in [0, 0.05) is 10.9 Å². The van der Waals surface area contributed by atoms with E-state index in [1.165, 1.54) is 6.07 Å². The van der Waals surface area contributed by atoms with Crippen LogP contribution in [0.4, 0.5) is 8.78 Å². The van der Waals surface area contributed by atoms with E-state index >= 15 is 0 Å². The molecule has 0 spiro atoms. The third-order valence-corrected chi connectivity index (χ3v) is 2.28. The maximum absolute atomic E-state index is 12.3. The Morgan fingerprint density at radius 2 is 2.21 bits per heavy atom. The van der Waals surface area contributed by atoms with E-state index in [2.05, 4.69) is 20.9 Å². The van der Waals surface area contributed by atoms with Gasteiger partial charge in [-0.05, 0) is 23.7 Å². The lowest BCUT2D eigenvalue weighted by molar-refractivity contribution is 0.108. The Kier molecular flexibility index (Phi) is 3.95. The maximum Gasteiger partial charge on any atom is 0.280 e. The Morgan fingerprint density at radius 1 is 1.57 bits per heavy atom. The first-order valence-electron chi connectivity index (χ1n) is 3.59. The van der Waals surface area contributed by atoms with Gasteiger partial charge < -0.3 is 0 Å². The predicted molar refractivity (Wildman–Crippen MR) is 52.0 cm³/mol. The van der Waals surface area contributed by atoms with Gasteiger partial charge in [-0.1, -0.05) is 15.9 Å². The van der Waals surface area contributed by atoms with Crippen LogP contribution in [0.3, 0.4) is 0 Å². The van der Waals surface area contributed by atoms with Gasteiger partial charge >= 0.3 is 0 Å². The van der Waals surface area contributed by atoms with E-state index < -0.39 is 17.4 Å². The van der Waals surface area contributed by atoms with Crippen LogP contribution in [-0.4, -0.2) is 10.2 Å². The van der Waals surface area contributed by atoms with E-state index in [4.69, 9.17) is 11.6 Å². The number of rotatable bonds is 3. The number of carbonyl (C=O) groups excluding carboxylic acids is 1. The molecule has 2 nitrogen and oxygen atoms in total. The number of pyridine rings is 1. The summed E-state index contributed by atoms with van der Waals surface area (Å²) in [7, 11) is 0. The summed E-state index contributed by atoms with van der Waals surface area (Å²) in [5, 5.41) is -0.471. The van der Waals surface area contributed by atoms with Crippen LogP contribution in [-0.2, 0) is 5.33 Å². The van der Waals surface area contributed by atoms with Crippen molar-refractivity contribution in [2.75, 3.05) is 0 Å². The predicted octanol–water partition coefficient (Wildman–Crippen LogP) is 3.29. The zero-order valence-corrected chi connectivity index (χ0v) is 9.15. The monoisotopic (exact) mass is 283 g/mol. The second kappa shape index (κ2) is 4.79. The van der Waals surface area contributed by atoms with Gasteiger partial charge in [0.1, 0.15) is 5.69 Å². The second-order valence-electron chi connectivity index (χ2n) is 2.48. The van der Waals surface area contributed by atoms with E-state index in [0.717, 1.165) is 6.07 Å². The van der Waals surface area contributed by atoms with Crippen molar-refractivity contribution in [1.82, 2.24) is 4.98 Å². The van der Waals surface area contributed by atoms with E-state index in [9.17, 15) is 13.6 Å². The fraction of sp³-hybridized carbons (Fsp3) is 0.250. The quantitative estimate of drug-likeness (QED) is 0.630. The normalized spacial score (nSPS) is 10.6. The van der Waals surface area contributed by atoms with Crippen LogP contribution in [0.25, 0.3) is 0 Å². The van der Waals surface area contributed by atoms with E-state index in [1.807, 2.05) is 0 Å². The molecule has 0 fully saturated rings. The molecule has 0 amide bonds. The molecule has 76 valence electrons. The lowest BCUT2D eigenvalue weighted by Crippen LogP contribution is -1.99. The summed E-state index contributed by atoms with van der Waals surface area (Å²) in [6.45, 7) is 0. The van der Waals surface area contributed by atoms with Crippen LogP contribution < -0.4 is 0 Å². The number of aromatic nitrogens is 1. The van der Waals surface area contributed by atoms with Crippen molar-refractivity contribution in [2.45, 2.75) is 11.8 Å². The Labute approximate surface area is 92.4 Å². The number of hydrogen-bond acceptors (Lipinski definition) is 2. The molecule has 0 aliphatic rings. The molecule has 0 unspecified atom stereocenters. The Bertz CT molecular complexity index is 359. The molecule has 1 aromatic heterocycles. The Hall–Kier alpha value is -0.550. The number of alkyl halides is 3. The van der Waals surface area contributed by atoms with E-state index in [0.29, 0.717) is 11.0 Å². The van der Waals surface area contributed by atoms with Crippen LogP contribution in [0.2, 0.25) is 0 Å². The van der Waals surface area contributed by atoms with Gasteiger partial charge in [-0.25, -0.2) is 8.78 Å². The highest BCUT2D eigenvalue weighted by Gasteiger charge is 2.13. The number of hydrogen-bond donors (Lipinski definition) is 0. The number of carbonyl (C=O) groups is 1. The molecule has 1 heterocycles. The van der Waals surface area contributed by atoms with Crippen LogP contribution >= 0.6 is 27.5 Å². The van der Waals surface area contributed by atoms with Crippen molar-refractivity contribution in [3.05, 3.63) is 29.1 Å². The second-order valence-corrected chi connectivity index (χ2v) is 3.38. The average Bonchev–Trinajstić information content (AvgIpc) is 2.16. The summed E-state index contributed by atoms with van der Waals surface area (Å²) in [6.07, 6.45) is -2.70. The molecule has 0 bridgehead atoms. The number of nitrogens with zero attached hydrogens (tertiary/aromatic N) is 1. The molecule has 0 saturated heterocycles. The van der Waals surface area contributed by atoms with Crippen molar-refractivity contribution in [2.24, 2.45) is 0 Å². The Morgan fingerprint density at radius 3 is 2.64 bits per heavy atom. The van der Waals surface area contributed by atoms with Gasteiger partial charge in [0.25, 0.3) is 11.7 Å². The molecular weight excluding hydrogens is 279 g/mol. The van der Waals surface area contributed by atoms with Gasteiger partial charge in [-0.2, -0.15) is 0 Å². The fourth-order valence-corrected chi connectivity index (χ4v) is 1.30. The molecule has 0 saturated carbocycles. The van der Waals surface area contributed by atoms with Crippen LogP contribution in [0, 0.1) is 0 Å². The summed E-state index contributed by atoms with van der Waals surface area (Å²) < 4.78 is 24.6. The van der Waals surface area contributed by atoms with Gasteiger partial charge in [-0.15, -0.1) is 0 Å². The third-order valence-electron chi connectivity index (χ3n) is 1.49. The first kappa shape index (κ1) is 11.5. The first-order chi connectivity index (χ1) is 6.54. The minimum absolute atomic E-state index is 0.0337. The van der Waals surface area contributed by atoms with E-state index in [1.54, 1.807) is 0 Å².